The molecule has 1 atom stereocenters. The normalized spacial score (nSPS) is 12.1. The average molecular weight is 398 g/mol. The van der Waals surface area contributed by atoms with E-state index < -0.39 is 17.7 Å². The standard InChI is InChI=1S/C22H14ClF2NO2/c23-15-6-7-17(19(25)10-15)18-12-28-22(13-3-1-5-16(24)9-13)20(18)21(27)14-4-2-8-26-11-14/h1-12,21,27H. The number of benzene rings is 2. The van der Waals surface area contributed by atoms with Crippen LogP contribution in [0.3, 0.4) is 0 Å². The molecule has 0 spiro atoms. The Hall–Kier alpha value is -3.02. The van der Waals surface area contributed by atoms with Crippen molar-refractivity contribution in [3.63, 3.8) is 0 Å². The maximum Gasteiger partial charge on any atom is 0.140 e. The molecule has 28 heavy (non-hydrogen) atoms. The van der Waals surface area contributed by atoms with Crippen LogP contribution >= 0.6 is 11.6 Å². The lowest BCUT2D eigenvalue weighted by Gasteiger charge is -2.14. The summed E-state index contributed by atoms with van der Waals surface area (Å²) < 4.78 is 34.0. The van der Waals surface area contributed by atoms with Crippen molar-refractivity contribution in [2.75, 3.05) is 0 Å². The van der Waals surface area contributed by atoms with Crippen LogP contribution in [0.2, 0.25) is 5.02 Å². The molecule has 0 fully saturated rings. The summed E-state index contributed by atoms with van der Waals surface area (Å²) in [4.78, 5) is 4.02. The summed E-state index contributed by atoms with van der Waals surface area (Å²) in [5, 5.41) is 11.3. The molecule has 0 saturated heterocycles. The quantitative estimate of drug-likeness (QED) is 0.458. The van der Waals surface area contributed by atoms with Crippen molar-refractivity contribution in [1.29, 1.82) is 0 Å². The lowest BCUT2D eigenvalue weighted by molar-refractivity contribution is 0.220. The number of halogens is 3. The number of pyridine rings is 1. The zero-order chi connectivity index (χ0) is 19.7. The van der Waals surface area contributed by atoms with Gasteiger partial charge in [-0.3, -0.25) is 4.98 Å². The molecule has 2 aromatic heterocycles. The Balaban J connectivity index is 1.94. The van der Waals surface area contributed by atoms with Gasteiger partial charge in [0.25, 0.3) is 0 Å². The summed E-state index contributed by atoms with van der Waals surface area (Å²) in [5.41, 5.74) is 1.81. The molecule has 0 radical (unpaired) electrons. The third-order valence-corrected chi connectivity index (χ3v) is 4.65. The molecule has 6 heteroatoms. The number of nitrogens with zero attached hydrogens (tertiary/aromatic N) is 1. The average Bonchev–Trinajstić information content (AvgIpc) is 3.13. The minimum absolute atomic E-state index is 0.216. The van der Waals surface area contributed by atoms with E-state index in [1.54, 1.807) is 30.5 Å². The van der Waals surface area contributed by atoms with E-state index in [1.165, 1.54) is 42.8 Å². The van der Waals surface area contributed by atoms with E-state index in [4.69, 9.17) is 16.0 Å². The number of aromatic nitrogens is 1. The molecule has 3 nitrogen and oxygen atoms in total. The van der Waals surface area contributed by atoms with Crippen molar-refractivity contribution in [2.24, 2.45) is 0 Å². The number of aliphatic hydroxyl groups excluding tert-OH is 1. The van der Waals surface area contributed by atoms with E-state index in [0.717, 1.165) is 0 Å². The lowest BCUT2D eigenvalue weighted by Crippen LogP contribution is -2.03. The first kappa shape index (κ1) is 18.3. The van der Waals surface area contributed by atoms with Gasteiger partial charge in [-0.25, -0.2) is 8.78 Å². The minimum atomic E-state index is -1.16. The molecule has 0 aliphatic carbocycles. The van der Waals surface area contributed by atoms with Crippen LogP contribution in [0, 0.1) is 11.6 Å². The molecule has 0 saturated carbocycles. The maximum absolute atomic E-state index is 14.6. The second-order valence-corrected chi connectivity index (χ2v) is 6.65. The Bertz CT molecular complexity index is 1130. The molecule has 1 unspecified atom stereocenters. The van der Waals surface area contributed by atoms with Gasteiger partial charge in [0.15, 0.2) is 0 Å². The summed E-state index contributed by atoms with van der Waals surface area (Å²) in [5.74, 6) is -0.756. The Morgan fingerprint density at radius 2 is 1.86 bits per heavy atom. The van der Waals surface area contributed by atoms with Crippen molar-refractivity contribution >= 4 is 11.6 Å². The van der Waals surface area contributed by atoms with Crippen LogP contribution in [0.25, 0.3) is 22.5 Å². The molecule has 2 heterocycles. The highest BCUT2D eigenvalue weighted by molar-refractivity contribution is 6.30. The fourth-order valence-electron chi connectivity index (χ4n) is 3.11. The molecular formula is C22H14ClF2NO2. The third-order valence-electron chi connectivity index (χ3n) is 4.41. The van der Waals surface area contributed by atoms with Crippen molar-refractivity contribution in [3.05, 3.63) is 101 Å². The van der Waals surface area contributed by atoms with E-state index in [0.29, 0.717) is 22.3 Å². The highest BCUT2D eigenvalue weighted by atomic mass is 35.5. The SMILES string of the molecule is OC(c1cccnc1)c1c(-c2ccc(Cl)cc2F)coc1-c1cccc(F)c1. The van der Waals surface area contributed by atoms with Gasteiger partial charge in [-0.2, -0.15) is 0 Å². The summed E-state index contributed by atoms with van der Waals surface area (Å²) in [6.45, 7) is 0. The molecule has 0 amide bonds. The van der Waals surface area contributed by atoms with Gasteiger partial charge >= 0.3 is 0 Å². The highest BCUT2D eigenvalue weighted by Crippen LogP contribution is 2.41. The second kappa shape index (κ2) is 7.54. The van der Waals surface area contributed by atoms with E-state index in [2.05, 4.69) is 4.98 Å². The first-order chi connectivity index (χ1) is 13.5. The number of hydrogen-bond acceptors (Lipinski definition) is 3. The summed E-state index contributed by atoms with van der Waals surface area (Å²) >= 11 is 5.86. The predicted octanol–water partition coefficient (Wildman–Crippen LogP) is 6.02. The van der Waals surface area contributed by atoms with Crippen LogP contribution in [0.4, 0.5) is 8.78 Å². The van der Waals surface area contributed by atoms with Gasteiger partial charge in [0.05, 0.1) is 6.26 Å². The van der Waals surface area contributed by atoms with E-state index in [9.17, 15) is 13.9 Å². The lowest BCUT2D eigenvalue weighted by atomic mass is 9.93. The maximum atomic E-state index is 14.6. The minimum Gasteiger partial charge on any atom is -0.463 e. The first-order valence-electron chi connectivity index (χ1n) is 8.45. The van der Waals surface area contributed by atoms with Crippen molar-refractivity contribution < 1.29 is 18.3 Å². The monoisotopic (exact) mass is 397 g/mol. The summed E-state index contributed by atoms with van der Waals surface area (Å²) in [6, 6.07) is 13.4. The van der Waals surface area contributed by atoms with Gasteiger partial charge in [0.2, 0.25) is 0 Å². The molecular weight excluding hydrogens is 384 g/mol. The summed E-state index contributed by atoms with van der Waals surface area (Å²) in [7, 11) is 0. The zero-order valence-electron chi connectivity index (χ0n) is 14.4. The Kier molecular flexibility index (Phi) is 4.94. The van der Waals surface area contributed by atoms with Gasteiger partial charge in [0.1, 0.15) is 23.5 Å². The molecule has 1 N–H and O–H groups in total. The Morgan fingerprint density at radius 3 is 2.57 bits per heavy atom. The number of furan rings is 1. The molecule has 0 bridgehead atoms. The highest BCUT2D eigenvalue weighted by Gasteiger charge is 2.26. The molecule has 0 aliphatic rings. The van der Waals surface area contributed by atoms with Crippen LogP contribution in [0.1, 0.15) is 17.2 Å². The number of aliphatic hydroxyl groups is 1. The van der Waals surface area contributed by atoms with Crippen molar-refractivity contribution in [2.45, 2.75) is 6.10 Å². The fraction of sp³-hybridized carbons (Fsp3) is 0.0455. The molecule has 140 valence electrons. The first-order valence-corrected chi connectivity index (χ1v) is 8.83. The second-order valence-electron chi connectivity index (χ2n) is 6.22. The molecule has 2 aromatic carbocycles. The third kappa shape index (κ3) is 3.42. The van der Waals surface area contributed by atoms with Crippen molar-refractivity contribution in [1.82, 2.24) is 4.98 Å². The van der Waals surface area contributed by atoms with E-state index in [1.807, 2.05) is 0 Å². The van der Waals surface area contributed by atoms with Crippen LogP contribution < -0.4 is 0 Å². The van der Waals surface area contributed by atoms with Crippen LogP contribution in [0.5, 0.6) is 0 Å². The Labute approximate surface area is 164 Å². The van der Waals surface area contributed by atoms with Crippen LogP contribution in [0.15, 0.2) is 77.7 Å². The van der Waals surface area contributed by atoms with Crippen LogP contribution in [-0.4, -0.2) is 10.1 Å². The molecule has 4 aromatic rings. The zero-order valence-corrected chi connectivity index (χ0v) is 15.2. The van der Waals surface area contributed by atoms with Gasteiger partial charge in [-0.1, -0.05) is 29.8 Å². The number of rotatable bonds is 4. The van der Waals surface area contributed by atoms with Crippen molar-refractivity contribution in [3.8, 4) is 22.5 Å². The number of hydrogen-bond donors (Lipinski definition) is 1. The van der Waals surface area contributed by atoms with Gasteiger partial charge in [0, 0.05) is 45.2 Å². The fourth-order valence-corrected chi connectivity index (χ4v) is 3.27. The van der Waals surface area contributed by atoms with E-state index >= 15 is 0 Å². The molecule has 0 aliphatic heterocycles. The predicted molar refractivity (Wildman–Crippen MR) is 103 cm³/mol. The smallest absolute Gasteiger partial charge is 0.140 e. The Morgan fingerprint density at radius 1 is 1.00 bits per heavy atom. The molecule has 4 rings (SSSR count). The topological polar surface area (TPSA) is 46.3 Å². The van der Waals surface area contributed by atoms with Crippen LogP contribution in [-0.2, 0) is 0 Å². The van der Waals surface area contributed by atoms with E-state index in [-0.39, 0.29) is 16.3 Å². The largest absolute Gasteiger partial charge is 0.463 e. The van der Waals surface area contributed by atoms with Gasteiger partial charge < -0.3 is 9.52 Å². The summed E-state index contributed by atoms with van der Waals surface area (Å²) in [6.07, 6.45) is 3.28. The van der Waals surface area contributed by atoms with Gasteiger partial charge in [-0.05, 0) is 36.4 Å². The van der Waals surface area contributed by atoms with Gasteiger partial charge in [-0.15, -0.1) is 0 Å².